The lowest BCUT2D eigenvalue weighted by molar-refractivity contribution is 0.478. The third kappa shape index (κ3) is 4.48. The van der Waals surface area contributed by atoms with Crippen molar-refractivity contribution in [3.63, 3.8) is 0 Å². The topological polar surface area (TPSA) is 96.1 Å². The van der Waals surface area contributed by atoms with Crippen LogP contribution in [0.25, 0.3) is 15.3 Å². The van der Waals surface area contributed by atoms with E-state index >= 15 is 0 Å². The van der Waals surface area contributed by atoms with E-state index in [1.54, 1.807) is 10.6 Å². The average molecular weight is 492 g/mol. The van der Waals surface area contributed by atoms with E-state index in [9.17, 15) is 4.79 Å². The molecule has 0 radical (unpaired) electrons. The summed E-state index contributed by atoms with van der Waals surface area (Å²) in [4.78, 5) is 27.8. The van der Waals surface area contributed by atoms with Crippen LogP contribution < -0.4 is 26.0 Å². The number of nitrogens with one attached hydrogen (secondary N) is 2. The van der Waals surface area contributed by atoms with Gasteiger partial charge in [-0.2, -0.15) is 10.1 Å². The number of benzene rings is 1. The van der Waals surface area contributed by atoms with E-state index in [-0.39, 0.29) is 11.6 Å². The van der Waals surface area contributed by atoms with Gasteiger partial charge in [0.15, 0.2) is 0 Å². The number of hydrogen-bond donors (Lipinski definition) is 2. The monoisotopic (exact) mass is 491 g/mol. The number of fused-ring (bicyclic) bond motifs is 1. The van der Waals surface area contributed by atoms with Gasteiger partial charge >= 0.3 is 0 Å². The Morgan fingerprint density at radius 1 is 1.11 bits per heavy atom. The number of piperazine rings is 1. The van der Waals surface area contributed by atoms with Gasteiger partial charge in [-0.1, -0.05) is 23.5 Å². The molecule has 5 heterocycles. The van der Waals surface area contributed by atoms with E-state index in [2.05, 4.69) is 25.5 Å². The van der Waals surface area contributed by atoms with E-state index in [0.29, 0.717) is 16.9 Å². The third-order valence-corrected chi connectivity index (χ3v) is 7.66. The Morgan fingerprint density at radius 2 is 1.94 bits per heavy atom. The first-order chi connectivity index (χ1) is 17.1. The van der Waals surface area contributed by atoms with Crippen molar-refractivity contribution in [3.05, 3.63) is 53.1 Å². The van der Waals surface area contributed by atoms with E-state index in [1.165, 1.54) is 11.3 Å². The van der Waals surface area contributed by atoms with E-state index in [0.717, 1.165) is 68.0 Å². The van der Waals surface area contributed by atoms with E-state index < -0.39 is 0 Å². The summed E-state index contributed by atoms with van der Waals surface area (Å²) in [6, 6.07) is 9.85. The quantitative estimate of drug-likeness (QED) is 0.438. The molecule has 0 aliphatic carbocycles. The molecule has 182 valence electrons. The van der Waals surface area contributed by atoms with Gasteiger partial charge in [0, 0.05) is 58.1 Å². The first-order valence-corrected chi connectivity index (χ1v) is 12.9. The van der Waals surface area contributed by atoms with Crippen molar-refractivity contribution in [2.75, 3.05) is 54.4 Å². The number of aryl methyl sites for hydroxylation is 1. The summed E-state index contributed by atoms with van der Waals surface area (Å²) < 4.78 is 4.55. The molecule has 2 aliphatic rings. The van der Waals surface area contributed by atoms with Gasteiger partial charge < -0.3 is 20.4 Å². The highest BCUT2D eigenvalue weighted by atomic mass is 32.1. The zero-order valence-electron chi connectivity index (χ0n) is 19.7. The van der Waals surface area contributed by atoms with Crippen LogP contribution >= 0.6 is 11.3 Å². The van der Waals surface area contributed by atoms with Crippen LogP contribution in [0.5, 0.6) is 0 Å². The molecule has 4 aromatic rings. The second-order valence-corrected chi connectivity index (χ2v) is 10.1. The molecule has 11 heteroatoms. The molecule has 6 rings (SSSR count). The van der Waals surface area contributed by atoms with Crippen LogP contribution in [0.4, 0.5) is 17.5 Å². The summed E-state index contributed by atoms with van der Waals surface area (Å²) in [7, 11) is 1.93. The molecule has 0 spiro atoms. The number of nitrogens with zero attached hydrogens (tertiary/aromatic N) is 7. The molecule has 35 heavy (non-hydrogen) atoms. The first kappa shape index (κ1) is 22.1. The Bertz CT molecular complexity index is 1350. The zero-order chi connectivity index (χ0) is 23.8. The van der Waals surface area contributed by atoms with Gasteiger partial charge in [-0.3, -0.25) is 9.48 Å². The van der Waals surface area contributed by atoms with Crippen LogP contribution in [-0.4, -0.2) is 69.6 Å². The fourth-order valence-electron chi connectivity index (χ4n) is 4.81. The lowest BCUT2D eigenvalue weighted by Crippen LogP contribution is -2.48. The molecular weight excluding hydrogens is 462 g/mol. The van der Waals surface area contributed by atoms with Gasteiger partial charge in [0.05, 0.1) is 22.1 Å². The van der Waals surface area contributed by atoms with E-state index in [1.807, 2.05) is 48.4 Å². The van der Waals surface area contributed by atoms with Gasteiger partial charge in [0.25, 0.3) is 5.56 Å². The molecule has 1 atom stereocenters. The molecule has 1 unspecified atom stereocenters. The second kappa shape index (κ2) is 9.31. The Balaban J connectivity index is 1.35. The Kier molecular flexibility index (Phi) is 5.86. The van der Waals surface area contributed by atoms with Gasteiger partial charge in [0.2, 0.25) is 11.1 Å². The van der Waals surface area contributed by atoms with Crippen LogP contribution in [-0.2, 0) is 7.05 Å². The van der Waals surface area contributed by atoms with Crippen molar-refractivity contribution < 1.29 is 0 Å². The Labute approximate surface area is 207 Å². The summed E-state index contributed by atoms with van der Waals surface area (Å²) in [5.41, 5.74) is 1.89. The number of piperidine rings is 1. The maximum Gasteiger partial charge on any atom is 0.263 e. The van der Waals surface area contributed by atoms with Gasteiger partial charge in [-0.25, -0.2) is 9.55 Å². The Hall–Kier alpha value is -3.44. The van der Waals surface area contributed by atoms with Crippen LogP contribution in [0.2, 0.25) is 0 Å². The van der Waals surface area contributed by atoms with Crippen molar-refractivity contribution >= 4 is 39.0 Å². The maximum atomic E-state index is 13.5. The molecule has 0 bridgehead atoms. The van der Waals surface area contributed by atoms with Gasteiger partial charge in [-0.05, 0) is 31.5 Å². The minimum absolute atomic E-state index is 0.116. The van der Waals surface area contributed by atoms with Crippen molar-refractivity contribution in [1.82, 2.24) is 29.6 Å². The largest absolute Gasteiger partial charge is 0.366 e. The second-order valence-electron chi connectivity index (χ2n) is 9.11. The molecule has 0 saturated carbocycles. The van der Waals surface area contributed by atoms with Crippen LogP contribution in [0.1, 0.15) is 12.8 Å². The summed E-state index contributed by atoms with van der Waals surface area (Å²) in [6.07, 6.45) is 6.11. The molecule has 2 N–H and O–H groups in total. The first-order valence-electron chi connectivity index (χ1n) is 12.1. The molecule has 0 amide bonds. The number of para-hydroxylation sites is 1. The minimum atomic E-state index is -0.116. The third-order valence-electron chi connectivity index (χ3n) is 6.64. The van der Waals surface area contributed by atoms with Gasteiger partial charge in [-0.15, -0.1) is 0 Å². The number of aromatic nitrogens is 5. The van der Waals surface area contributed by atoms with Gasteiger partial charge in [0.1, 0.15) is 5.82 Å². The number of rotatable bonds is 5. The number of hydrogen-bond acceptors (Lipinski definition) is 9. The fourth-order valence-corrected chi connectivity index (χ4v) is 5.78. The smallest absolute Gasteiger partial charge is 0.263 e. The number of thiazole rings is 1. The summed E-state index contributed by atoms with van der Waals surface area (Å²) >= 11 is 1.52. The highest BCUT2D eigenvalue weighted by Gasteiger charge is 2.25. The molecule has 2 saturated heterocycles. The minimum Gasteiger partial charge on any atom is -0.366 e. The van der Waals surface area contributed by atoms with Crippen molar-refractivity contribution in [1.29, 1.82) is 0 Å². The molecular formula is C24H29N9OS. The van der Waals surface area contributed by atoms with Crippen molar-refractivity contribution in [2.24, 2.45) is 7.05 Å². The average Bonchev–Trinajstić information content (AvgIpc) is 3.50. The predicted octanol–water partition coefficient (Wildman–Crippen LogP) is 2.07. The highest BCUT2D eigenvalue weighted by molar-refractivity contribution is 7.20. The number of anilines is 3. The molecule has 1 aromatic carbocycles. The van der Waals surface area contributed by atoms with E-state index in [4.69, 9.17) is 9.97 Å². The standard InChI is InChI=1S/C24H29N9OS/c1-30-16-18(15-26-30)31-9-11-32(12-10-31)23-29-21(27-17-5-4-8-25-14-17)13-22(34)33(23)24-28-19-6-2-3-7-20(19)35-24/h2-3,6-7,13,15-17,25,27H,4-5,8-12,14H2,1H3. The molecule has 2 fully saturated rings. The molecule has 2 aliphatic heterocycles. The summed E-state index contributed by atoms with van der Waals surface area (Å²) in [5.74, 6) is 1.28. The zero-order valence-corrected chi connectivity index (χ0v) is 20.5. The summed E-state index contributed by atoms with van der Waals surface area (Å²) in [6.45, 7) is 5.07. The van der Waals surface area contributed by atoms with Crippen LogP contribution in [0.3, 0.4) is 0 Å². The SMILES string of the molecule is Cn1cc(N2CCN(c3nc(NC4CCCNC4)cc(=O)n3-c3nc4ccccc4s3)CC2)cn1. The van der Waals surface area contributed by atoms with Crippen LogP contribution in [0, 0.1) is 0 Å². The maximum absolute atomic E-state index is 13.5. The predicted molar refractivity (Wildman–Crippen MR) is 140 cm³/mol. The molecule has 3 aromatic heterocycles. The van der Waals surface area contributed by atoms with Crippen LogP contribution in [0.15, 0.2) is 47.5 Å². The fraction of sp³-hybridized carbons (Fsp3) is 0.417. The lowest BCUT2D eigenvalue weighted by atomic mass is 10.1. The molecule has 10 nitrogen and oxygen atoms in total. The Morgan fingerprint density at radius 3 is 2.69 bits per heavy atom. The lowest BCUT2D eigenvalue weighted by Gasteiger charge is -2.36. The van der Waals surface area contributed by atoms with Crippen molar-refractivity contribution in [2.45, 2.75) is 18.9 Å². The normalized spacial score (nSPS) is 18.8. The summed E-state index contributed by atoms with van der Waals surface area (Å²) in [5, 5.41) is 11.9. The highest BCUT2D eigenvalue weighted by Crippen LogP contribution is 2.28. The van der Waals surface area contributed by atoms with Crippen molar-refractivity contribution in [3.8, 4) is 5.13 Å².